The molecule has 0 aliphatic carbocycles. The molecular weight excluding hydrogens is 300 g/mol. The minimum atomic E-state index is -0.00861. The Morgan fingerprint density at radius 3 is 2.32 bits per heavy atom. The van der Waals surface area contributed by atoms with Gasteiger partial charge in [-0.25, -0.2) is 0 Å². The lowest BCUT2D eigenvalue weighted by atomic mass is 9.95. The Hall–Kier alpha value is -1.81. The van der Waals surface area contributed by atoms with E-state index < -0.39 is 0 Å². The SMILES string of the molecule is CN(C)C(=O)C1CCN(C(=O)/C=C/c2ccc(Cl)cc2)CC1. The van der Waals surface area contributed by atoms with Gasteiger partial charge in [0, 0.05) is 44.2 Å². The lowest BCUT2D eigenvalue weighted by molar-refractivity contribution is -0.137. The summed E-state index contributed by atoms with van der Waals surface area (Å²) in [6, 6.07) is 7.33. The summed E-state index contributed by atoms with van der Waals surface area (Å²) >= 11 is 5.83. The molecule has 118 valence electrons. The highest BCUT2D eigenvalue weighted by molar-refractivity contribution is 6.30. The fraction of sp³-hybridized carbons (Fsp3) is 0.412. The first-order chi connectivity index (χ1) is 10.5. The molecular formula is C17H21ClN2O2. The number of benzene rings is 1. The molecule has 5 heteroatoms. The Labute approximate surface area is 136 Å². The Bertz CT molecular complexity index is 559. The van der Waals surface area contributed by atoms with Crippen LogP contribution >= 0.6 is 11.6 Å². The first-order valence-electron chi connectivity index (χ1n) is 7.41. The maximum absolute atomic E-state index is 12.2. The molecule has 1 saturated heterocycles. The number of carbonyl (C=O) groups excluding carboxylic acids is 2. The summed E-state index contributed by atoms with van der Waals surface area (Å²) in [6.45, 7) is 1.27. The van der Waals surface area contributed by atoms with Crippen LogP contribution in [0.3, 0.4) is 0 Å². The number of hydrogen-bond donors (Lipinski definition) is 0. The monoisotopic (exact) mass is 320 g/mol. The minimum Gasteiger partial charge on any atom is -0.349 e. The predicted molar refractivity (Wildman–Crippen MR) is 88.5 cm³/mol. The predicted octanol–water partition coefficient (Wildman–Crippen LogP) is 2.68. The molecule has 22 heavy (non-hydrogen) atoms. The summed E-state index contributed by atoms with van der Waals surface area (Å²) in [5.74, 6) is 0.189. The Morgan fingerprint density at radius 2 is 1.77 bits per heavy atom. The van der Waals surface area contributed by atoms with Gasteiger partial charge in [-0.2, -0.15) is 0 Å². The number of likely N-dealkylation sites (tertiary alicyclic amines) is 1. The quantitative estimate of drug-likeness (QED) is 0.803. The van der Waals surface area contributed by atoms with Gasteiger partial charge >= 0.3 is 0 Å². The third-order valence-electron chi connectivity index (χ3n) is 3.89. The number of rotatable bonds is 3. The molecule has 1 aliphatic heterocycles. The van der Waals surface area contributed by atoms with Gasteiger partial charge in [0.05, 0.1) is 0 Å². The van der Waals surface area contributed by atoms with E-state index >= 15 is 0 Å². The van der Waals surface area contributed by atoms with Crippen molar-refractivity contribution < 1.29 is 9.59 Å². The van der Waals surface area contributed by atoms with Crippen molar-refractivity contribution in [3.63, 3.8) is 0 Å². The van der Waals surface area contributed by atoms with Crippen LogP contribution in [0.5, 0.6) is 0 Å². The van der Waals surface area contributed by atoms with E-state index in [1.165, 1.54) is 0 Å². The number of amides is 2. The molecule has 1 heterocycles. The van der Waals surface area contributed by atoms with Crippen molar-refractivity contribution in [2.24, 2.45) is 5.92 Å². The molecule has 0 unspecified atom stereocenters. The van der Waals surface area contributed by atoms with Crippen LogP contribution in [-0.2, 0) is 9.59 Å². The van der Waals surface area contributed by atoms with Crippen LogP contribution in [0.2, 0.25) is 5.02 Å². The van der Waals surface area contributed by atoms with E-state index in [1.807, 2.05) is 12.1 Å². The van der Waals surface area contributed by atoms with Crippen molar-refractivity contribution >= 4 is 29.5 Å². The number of piperidine rings is 1. The molecule has 4 nitrogen and oxygen atoms in total. The van der Waals surface area contributed by atoms with Crippen LogP contribution in [0.1, 0.15) is 18.4 Å². The molecule has 1 fully saturated rings. The van der Waals surface area contributed by atoms with Gasteiger partial charge in [0.2, 0.25) is 11.8 Å². The molecule has 1 aromatic carbocycles. The second-order valence-electron chi connectivity index (χ2n) is 5.72. The van der Waals surface area contributed by atoms with E-state index in [-0.39, 0.29) is 17.7 Å². The van der Waals surface area contributed by atoms with Gasteiger partial charge in [0.15, 0.2) is 0 Å². The van der Waals surface area contributed by atoms with E-state index in [2.05, 4.69) is 0 Å². The lowest BCUT2D eigenvalue weighted by Crippen LogP contribution is -2.42. The van der Waals surface area contributed by atoms with Gasteiger partial charge in [-0.1, -0.05) is 23.7 Å². The normalized spacial score (nSPS) is 16.0. The van der Waals surface area contributed by atoms with Crippen LogP contribution in [-0.4, -0.2) is 48.8 Å². The molecule has 0 bridgehead atoms. The lowest BCUT2D eigenvalue weighted by Gasteiger charge is -2.31. The first-order valence-corrected chi connectivity index (χ1v) is 7.79. The third-order valence-corrected chi connectivity index (χ3v) is 4.14. The first kappa shape index (κ1) is 16.6. The summed E-state index contributed by atoms with van der Waals surface area (Å²) in [5.41, 5.74) is 0.940. The number of carbonyl (C=O) groups is 2. The second-order valence-corrected chi connectivity index (χ2v) is 6.15. The van der Waals surface area contributed by atoms with Crippen molar-refractivity contribution in [2.45, 2.75) is 12.8 Å². The maximum Gasteiger partial charge on any atom is 0.246 e. The van der Waals surface area contributed by atoms with Crippen LogP contribution in [0.4, 0.5) is 0 Å². The largest absolute Gasteiger partial charge is 0.349 e. The van der Waals surface area contributed by atoms with Crippen LogP contribution in [0.15, 0.2) is 30.3 Å². The average molecular weight is 321 g/mol. The van der Waals surface area contributed by atoms with Gasteiger partial charge in [-0.3, -0.25) is 9.59 Å². The van der Waals surface area contributed by atoms with Gasteiger partial charge < -0.3 is 9.80 Å². The van der Waals surface area contributed by atoms with E-state index in [1.54, 1.807) is 48.2 Å². The Balaban J connectivity index is 1.87. The third kappa shape index (κ3) is 4.34. The number of nitrogens with zero attached hydrogens (tertiary/aromatic N) is 2. The van der Waals surface area contributed by atoms with E-state index in [0.29, 0.717) is 18.1 Å². The van der Waals surface area contributed by atoms with Crippen LogP contribution in [0, 0.1) is 5.92 Å². The highest BCUT2D eigenvalue weighted by Crippen LogP contribution is 2.19. The molecule has 0 N–H and O–H groups in total. The van der Waals surface area contributed by atoms with Crippen molar-refractivity contribution in [1.29, 1.82) is 0 Å². The maximum atomic E-state index is 12.2. The van der Waals surface area contributed by atoms with Crippen LogP contribution in [0.25, 0.3) is 6.08 Å². The zero-order chi connectivity index (χ0) is 16.1. The molecule has 1 aliphatic rings. The van der Waals surface area contributed by atoms with E-state index in [4.69, 9.17) is 11.6 Å². The van der Waals surface area contributed by atoms with Gasteiger partial charge in [-0.15, -0.1) is 0 Å². The smallest absolute Gasteiger partial charge is 0.246 e. The Kier molecular flexibility index (Phi) is 5.61. The number of halogens is 1. The zero-order valence-electron chi connectivity index (χ0n) is 13.0. The summed E-state index contributed by atoms with van der Waals surface area (Å²) in [6.07, 6.45) is 4.84. The van der Waals surface area contributed by atoms with Crippen molar-refractivity contribution in [3.05, 3.63) is 40.9 Å². The molecule has 0 aromatic heterocycles. The fourth-order valence-corrected chi connectivity index (χ4v) is 2.68. The van der Waals surface area contributed by atoms with Gasteiger partial charge in [-0.05, 0) is 36.6 Å². The molecule has 2 amide bonds. The highest BCUT2D eigenvalue weighted by atomic mass is 35.5. The van der Waals surface area contributed by atoms with Crippen molar-refractivity contribution in [2.75, 3.05) is 27.2 Å². The second kappa shape index (κ2) is 7.45. The zero-order valence-corrected chi connectivity index (χ0v) is 13.7. The Morgan fingerprint density at radius 1 is 1.18 bits per heavy atom. The average Bonchev–Trinajstić information content (AvgIpc) is 2.53. The van der Waals surface area contributed by atoms with E-state index in [0.717, 1.165) is 18.4 Å². The fourth-order valence-electron chi connectivity index (χ4n) is 2.56. The standard InChI is InChI=1S/C17H21ClN2O2/c1-19(2)17(22)14-9-11-20(12-10-14)16(21)8-5-13-3-6-15(18)7-4-13/h3-8,14H,9-12H2,1-2H3/b8-5+. The van der Waals surface area contributed by atoms with Crippen LogP contribution < -0.4 is 0 Å². The van der Waals surface area contributed by atoms with Crippen molar-refractivity contribution in [1.82, 2.24) is 9.80 Å². The molecule has 0 radical (unpaired) electrons. The van der Waals surface area contributed by atoms with Gasteiger partial charge in [0.1, 0.15) is 0 Å². The highest BCUT2D eigenvalue weighted by Gasteiger charge is 2.27. The molecule has 0 atom stereocenters. The summed E-state index contributed by atoms with van der Waals surface area (Å²) in [5, 5.41) is 0.677. The molecule has 1 aromatic rings. The topological polar surface area (TPSA) is 40.6 Å². The summed E-state index contributed by atoms with van der Waals surface area (Å²) in [4.78, 5) is 27.5. The minimum absolute atomic E-state index is 0.00861. The molecule has 0 spiro atoms. The number of hydrogen-bond acceptors (Lipinski definition) is 2. The van der Waals surface area contributed by atoms with Gasteiger partial charge in [0.25, 0.3) is 0 Å². The van der Waals surface area contributed by atoms with Crippen molar-refractivity contribution in [3.8, 4) is 0 Å². The molecule has 0 saturated carbocycles. The van der Waals surface area contributed by atoms with E-state index in [9.17, 15) is 9.59 Å². The summed E-state index contributed by atoms with van der Waals surface area (Å²) < 4.78 is 0. The summed E-state index contributed by atoms with van der Waals surface area (Å²) in [7, 11) is 3.55. The molecule has 2 rings (SSSR count).